The van der Waals surface area contributed by atoms with E-state index in [2.05, 4.69) is 5.32 Å². The molecule has 0 spiro atoms. The van der Waals surface area contributed by atoms with Gasteiger partial charge in [0.1, 0.15) is 11.5 Å². The number of hydrogen-bond donors (Lipinski definition) is 1. The number of hydrogen-bond acceptors (Lipinski definition) is 5. The van der Waals surface area contributed by atoms with E-state index in [1.807, 2.05) is 4.90 Å². The van der Waals surface area contributed by atoms with E-state index in [1.165, 1.54) is 13.0 Å². The van der Waals surface area contributed by atoms with Crippen molar-refractivity contribution in [3.8, 4) is 0 Å². The topological polar surface area (TPSA) is 79.0 Å². The van der Waals surface area contributed by atoms with Gasteiger partial charge in [0.25, 0.3) is 11.8 Å². The lowest BCUT2D eigenvalue weighted by Gasteiger charge is -2.29. The molecule has 0 bridgehead atoms. The van der Waals surface area contributed by atoms with Crippen molar-refractivity contribution >= 4 is 29.0 Å². The van der Waals surface area contributed by atoms with Crippen molar-refractivity contribution in [2.45, 2.75) is 13.5 Å². The number of nitrogens with zero attached hydrogens (tertiary/aromatic N) is 2. The lowest BCUT2D eigenvalue weighted by Crippen LogP contribution is -2.40. The second-order valence-electron chi connectivity index (χ2n) is 7.37. The second kappa shape index (κ2) is 8.69. The number of carbonyl (C=O) groups is 3. The first-order valence-electron chi connectivity index (χ1n) is 10.0. The third kappa shape index (κ3) is 4.20. The summed E-state index contributed by atoms with van der Waals surface area (Å²) in [4.78, 5) is 40.9. The predicted octanol–water partition coefficient (Wildman–Crippen LogP) is 2.40. The molecule has 2 aliphatic heterocycles. The molecule has 0 aliphatic carbocycles. The quantitative estimate of drug-likeness (QED) is 0.748. The van der Waals surface area contributed by atoms with Crippen molar-refractivity contribution in [2.24, 2.45) is 0 Å². The molecule has 31 heavy (non-hydrogen) atoms. The molecule has 8 heteroatoms. The van der Waals surface area contributed by atoms with E-state index in [0.717, 1.165) is 4.90 Å². The highest BCUT2D eigenvalue weighted by Crippen LogP contribution is 2.33. The summed E-state index contributed by atoms with van der Waals surface area (Å²) in [5.41, 5.74) is 2.00. The summed E-state index contributed by atoms with van der Waals surface area (Å²) in [5, 5.41) is 2.68. The van der Waals surface area contributed by atoms with Gasteiger partial charge in [0.05, 0.1) is 25.3 Å². The number of benzene rings is 2. The van der Waals surface area contributed by atoms with Crippen LogP contribution in [0.2, 0.25) is 0 Å². The standard InChI is InChI=1S/C23H22FN3O4/c1-15(28)25-18-8-6-16(7-9-18)20-21(26-10-12-31-13-11-26)23(30)27(22(20)29)14-17-4-2-3-5-19(17)24/h2-9H,10-14H2,1H3,(H,25,28). The van der Waals surface area contributed by atoms with Crippen LogP contribution in [0.3, 0.4) is 0 Å². The Kier molecular flexibility index (Phi) is 5.81. The molecule has 2 aromatic rings. The van der Waals surface area contributed by atoms with E-state index in [-0.39, 0.29) is 23.6 Å². The normalized spacial score (nSPS) is 16.8. The molecule has 0 radical (unpaired) electrons. The van der Waals surface area contributed by atoms with E-state index in [1.54, 1.807) is 42.5 Å². The van der Waals surface area contributed by atoms with E-state index < -0.39 is 17.6 Å². The van der Waals surface area contributed by atoms with Crippen molar-refractivity contribution in [1.82, 2.24) is 9.80 Å². The SMILES string of the molecule is CC(=O)Nc1ccc(C2=C(N3CCOCC3)C(=O)N(Cc3ccccc3F)C2=O)cc1. The molecule has 1 N–H and O–H groups in total. The number of halogens is 1. The molecule has 0 saturated carbocycles. The maximum atomic E-state index is 14.2. The minimum Gasteiger partial charge on any atom is -0.378 e. The first kappa shape index (κ1) is 20.7. The smallest absolute Gasteiger partial charge is 0.278 e. The molecule has 7 nitrogen and oxygen atoms in total. The summed E-state index contributed by atoms with van der Waals surface area (Å²) in [6, 6.07) is 12.8. The van der Waals surface area contributed by atoms with E-state index in [9.17, 15) is 18.8 Å². The van der Waals surface area contributed by atoms with Crippen LogP contribution < -0.4 is 5.32 Å². The highest BCUT2D eigenvalue weighted by Gasteiger charge is 2.42. The maximum Gasteiger partial charge on any atom is 0.278 e. The van der Waals surface area contributed by atoms with Crippen LogP contribution in [-0.2, 0) is 25.7 Å². The summed E-state index contributed by atoms with van der Waals surface area (Å²) in [5.74, 6) is -1.59. The molecule has 3 amide bonds. The van der Waals surface area contributed by atoms with Crippen LogP contribution in [0.4, 0.5) is 10.1 Å². The summed E-state index contributed by atoms with van der Waals surface area (Å²) in [6.45, 7) is 3.13. The highest BCUT2D eigenvalue weighted by molar-refractivity contribution is 6.35. The molecule has 2 heterocycles. The fraction of sp³-hybridized carbons (Fsp3) is 0.261. The van der Waals surface area contributed by atoms with E-state index in [0.29, 0.717) is 43.3 Å². The zero-order valence-corrected chi connectivity index (χ0v) is 17.1. The van der Waals surface area contributed by atoms with Crippen LogP contribution in [0.25, 0.3) is 5.57 Å². The van der Waals surface area contributed by atoms with Gasteiger partial charge in [-0.2, -0.15) is 0 Å². The van der Waals surface area contributed by atoms with Gasteiger partial charge in [0.2, 0.25) is 5.91 Å². The Balaban J connectivity index is 1.71. The number of morpholine rings is 1. The number of nitrogens with one attached hydrogen (secondary N) is 1. The van der Waals surface area contributed by atoms with Crippen molar-refractivity contribution in [3.63, 3.8) is 0 Å². The minimum absolute atomic E-state index is 0.147. The average molecular weight is 423 g/mol. The third-order valence-electron chi connectivity index (χ3n) is 5.25. The Morgan fingerprint density at radius 1 is 1.03 bits per heavy atom. The van der Waals surface area contributed by atoms with Crippen LogP contribution >= 0.6 is 0 Å². The number of anilines is 1. The number of rotatable bonds is 5. The predicted molar refractivity (Wildman–Crippen MR) is 112 cm³/mol. The van der Waals surface area contributed by atoms with Crippen molar-refractivity contribution in [3.05, 3.63) is 71.2 Å². The molecule has 0 aromatic heterocycles. The van der Waals surface area contributed by atoms with Gasteiger partial charge >= 0.3 is 0 Å². The van der Waals surface area contributed by atoms with E-state index >= 15 is 0 Å². The molecule has 0 atom stereocenters. The lowest BCUT2D eigenvalue weighted by molar-refractivity contribution is -0.138. The molecule has 2 aliphatic rings. The largest absolute Gasteiger partial charge is 0.378 e. The van der Waals surface area contributed by atoms with Crippen LogP contribution in [0, 0.1) is 5.82 Å². The summed E-state index contributed by atoms with van der Waals surface area (Å²) in [7, 11) is 0. The average Bonchev–Trinajstić information content (AvgIpc) is 3.01. The maximum absolute atomic E-state index is 14.2. The number of imide groups is 1. The molecule has 4 rings (SSSR count). The van der Waals surface area contributed by atoms with Gasteiger partial charge in [0, 0.05) is 31.3 Å². The Morgan fingerprint density at radius 2 is 1.71 bits per heavy atom. The molecule has 160 valence electrons. The van der Waals surface area contributed by atoms with Gasteiger partial charge in [-0.25, -0.2) is 4.39 Å². The second-order valence-corrected chi connectivity index (χ2v) is 7.37. The van der Waals surface area contributed by atoms with Crippen LogP contribution in [0.5, 0.6) is 0 Å². The Morgan fingerprint density at radius 3 is 2.35 bits per heavy atom. The number of ether oxygens (including phenoxy) is 1. The minimum atomic E-state index is -0.470. The summed E-state index contributed by atoms with van der Waals surface area (Å²) >= 11 is 0. The monoisotopic (exact) mass is 423 g/mol. The van der Waals surface area contributed by atoms with Gasteiger partial charge in [-0.15, -0.1) is 0 Å². The fourth-order valence-electron chi connectivity index (χ4n) is 3.77. The summed E-state index contributed by atoms with van der Waals surface area (Å²) < 4.78 is 19.6. The molecule has 1 fully saturated rings. The molecular formula is C23H22FN3O4. The zero-order valence-electron chi connectivity index (χ0n) is 17.1. The van der Waals surface area contributed by atoms with Crippen molar-refractivity contribution in [2.75, 3.05) is 31.6 Å². The van der Waals surface area contributed by atoms with Crippen molar-refractivity contribution < 1.29 is 23.5 Å². The van der Waals surface area contributed by atoms with Crippen LogP contribution in [0.1, 0.15) is 18.1 Å². The van der Waals surface area contributed by atoms with Crippen LogP contribution in [-0.4, -0.2) is 53.8 Å². The Labute approximate surface area is 179 Å². The molecule has 0 unspecified atom stereocenters. The van der Waals surface area contributed by atoms with Gasteiger partial charge in [-0.3, -0.25) is 19.3 Å². The Hall–Kier alpha value is -3.52. The van der Waals surface area contributed by atoms with Gasteiger partial charge in [-0.05, 0) is 23.8 Å². The van der Waals surface area contributed by atoms with Crippen molar-refractivity contribution in [1.29, 1.82) is 0 Å². The Bertz CT molecular complexity index is 1060. The first-order valence-corrected chi connectivity index (χ1v) is 10.0. The first-order chi connectivity index (χ1) is 15.0. The summed E-state index contributed by atoms with van der Waals surface area (Å²) in [6.07, 6.45) is 0. The number of amides is 3. The van der Waals surface area contributed by atoms with Crippen LogP contribution in [0.15, 0.2) is 54.2 Å². The fourth-order valence-corrected chi connectivity index (χ4v) is 3.77. The number of carbonyl (C=O) groups excluding carboxylic acids is 3. The zero-order chi connectivity index (χ0) is 22.0. The van der Waals surface area contributed by atoms with Gasteiger partial charge in [0.15, 0.2) is 0 Å². The lowest BCUT2D eigenvalue weighted by atomic mass is 10.0. The van der Waals surface area contributed by atoms with Gasteiger partial charge < -0.3 is 15.0 Å². The molecule has 1 saturated heterocycles. The molecular weight excluding hydrogens is 401 g/mol. The third-order valence-corrected chi connectivity index (χ3v) is 5.25. The van der Waals surface area contributed by atoms with E-state index in [4.69, 9.17) is 4.74 Å². The van der Waals surface area contributed by atoms with Gasteiger partial charge in [-0.1, -0.05) is 30.3 Å². The highest BCUT2D eigenvalue weighted by atomic mass is 19.1. The molecule has 2 aromatic carbocycles.